The molecule has 0 aliphatic heterocycles. The summed E-state index contributed by atoms with van der Waals surface area (Å²) in [6.07, 6.45) is 0. The molecule has 19 heavy (non-hydrogen) atoms. The number of rotatable bonds is 6. The second-order valence-electron chi connectivity index (χ2n) is 4.93. The van der Waals surface area contributed by atoms with Crippen molar-refractivity contribution in [3.05, 3.63) is 46.7 Å². The fourth-order valence-corrected chi connectivity index (χ4v) is 2.63. The molecule has 4 heteroatoms. The summed E-state index contributed by atoms with van der Waals surface area (Å²) in [6, 6.07) is 12.4. The van der Waals surface area contributed by atoms with Gasteiger partial charge in [-0.3, -0.25) is 0 Å². The third-order valence-corrected chi connectivity index (χ3v) is 3.84. The van der Waals surface area contributed by atoms with Gasteiger partial charge in [0.1, 0.15) is 0 Å². The van der Waals surface area contributed by atoms with E-state index in [2.05, 4.69) is 28.9 Å². The summed E-state index contributed by atoms with van der Waals surface area (Å²) in [7, 11) is 0. The van der Waals surface area contributed by atoms with Gasteiger partial charge in [0.15, 0.2) is 0 Å². The highest BCUT2D eigenvalue weighted by Crippen LogP contribution is 2.25. The Hall–Kier alpha value is -1.20. The van der Waals surface area contributed by atoms with Crippen molar-refractivity contribution in [3.63, 3.8) is 0 Å². The van der Waals surface area contributed by atoms with Gasteiger partial charge in [0, 0.05) is 18.0 Å². The highest BCUT2D eigenvalue weighted by atomic mass is 32.1. The molecule has 0 saturated carbocycles. The summed E-state index contributed by atoms with van der Waals surface area (Å²) in [5.41, 5.74) is 1.38. The van der Waals surface area contributed by atoms with Gasteiger partial charge in [0.2, 0.25) is 0 Å². The van der Waals surface area contributed by atoms with Gasteiger partial charge in [0.05, 0.1) is 12.2 Å². The van der Waals surface area contributed by atoms with E-state index in [4.69, 9.17) is 5.11 Å². The van der Waals surface area contributed by atoms with Crippen LogP contribution in [0.4, 0.5) is 0 Å². The Labute approximate surface area is 117 Å². The zero-order chi connectivity index (χ0) is 13.7. The SMILES string of the molecule is CC(O)(CO)CNCc1cc(-c2ccccc2)cs1. The predicted molar refractivity (Wildman–Crippen MR) is 79.2 cm³/mol. The Morgan fingerprint density at radius 2 is 1.95 bits per heavy atom. The van der Waals surface area contributed by atoms with Gasteiger partial charge in [-0.15, -0.1) is 11.3 Å². The fourth-order valence-electron chi connectivity index (χ4n) is 1.77. The molecule has 0 saturated heterocycles. The normalized spacial score (nSPS) is 14.3. The van der Waals surface area contributed by atoms with Crippen molar-refractivity contribution in [3.8, 4) is 11.1 Å². The third kappa shape index (κ3) is 4.14. The number of aliphatic hydroxyl groups excluding tert-OH is 1. The number of benzene rings is 1. The maximum atomic E-state index is 9.68. The standard InChI is InChI=1S/C15H19NO2S/c1-15(18,11-17)10-16-8-14-7-13(9-19-14)12-5-3-2-4-6-12/h2-7,9,16-18H,8,10-11H2,1H3. The second-order valence-corrected chi connectivity index (χ2v) is 5.92. The summed E-state index contributed by atoms with van der Waals surface area (Å²) in [6.45, 7) is 2.46. The molecule has 1 aromatic heterocycles. The highest BCUT2D eigenvalue weighted by Gasteiger charge is 2.17. The van der Waals surface area contributed by atoms with Crippen LogP contribution in [0, 0.1) is 0 Å². The Bertz CT molecular complexity index is 508. The van der Waals surface area contributed by atoms with E-state index in [0.29, 0.717) is 13.1 Å². The van der Waals surface area contributed by atoms with Gasteiger partial charge < -0.3 is 15.5 Å². The Morgan fingerprint density at radius 1 is 1.21 bits per heavy atom. The second kappa shape index (κ2) is 6.30. The molecule has 1 aromatic carbocycles. The van der Waals surface area contributed by atoms with Crippen LogP contribution >= 0.6 is 11.3 Å². The molecule has 3 N–H and O–H groups in total. The molecule has 2 aromatic rings. The van der Waals surface area contributed by atoms with Gasteiger partial charge in [-0.1, -0.05) is 30.3 Å². The molecule has 2 rings (SSSR count). The fraction of sp³-hybridized carbons (Fsp3) is 0.333. The van der Waals surface area contributed by atoms with Crippen LogP contribution in [-0.4, -0.2) is 29.0 Å². The molecular weight excluding hydrogens is 258 g/mol. The summed E-state index contributed by atoms with van der Waals surface area (Å²) >= 11 is 1.70. The lowest BCUT2D eigenvalue weighted by atomic mass is 10.1. The Kier molecular flexibility index (Phi) is 4.71. The van der Waals surface area contributed by atoms with Gasteiger partial charge in [-0.25, -0.2) is 0 Å². The van der Waals surface area contributed by atoms with Crippen LogP contribution in [-0.2, 0) is 6.54 Å². The average molecular weight is 277 g/mol. The van der Waals surface area contributed by atoms with E-state index in [1.807, 2.05) is 18.2 Å². The minimum Gasteiger partial charge on any atom is -0.393 e. The quantitative estimate of drug-likeness (QED) is 0.759. The molecule has 0 radical (unpaired) electrons. The first-order valence-electron chi connectivity index (χ1n) is 6.27. The van der Waals surface area contributed by atoms with Gasteiger partial charge in [0.25, 0.3) is 0 Å². The minimum atomic E-state index is -1.06. The van der Waals surface area contributed by atoms with Crippen molar-refractivity contribution >= 4 is 11.3 Å². The first-order valence-corrected chi connectivity index (χ1v) is 7.15. The van der Waals surface area contributed by atoms with E-state index in [-0.39, 0.29) is 6.61 Å². The average Bonchev–Trinajstić information content (AvgIpc) is 2.88. The summed E-state index contributed by atoms with van der Waals surface area (Å²) in [5.74, 6) is 0. The number of aliphatic hydroxyl groups is 2. The van der Waals surface area contributed by atoms with E-state index in [0.717, 1.165) is 0 Å². The number of nitrogens with one attached hydrogen (secondary N) is 1. The number of hydrogen-bond acceptors (Lipinski definition) is 4. The minimum absolute atomic E-state index is 0.236. The van der Waals surface area contributed by atoms with Crippen LogP contribution < -0.4 is 5.32 Å². The van der Waals surface area contributed by atoms with Crippen molar-refractivity contribution in [1.82, 2.24) is 5.32 Å². The maximum Gasteiger partial charge on any atom is 0.0972 e. The van der Waals surface area contributed by atoms with Gasteiger partial charge in [-0.2, -0.15) is 0 Å². The van der Waals surface area contributed by atoms with Crippen LogP contribution in [0.5, 0.6) is 0 Å². The molecule has 1 heterocycles. The molecule has 0 spiro atoms. The van der Waals surface area contributed by atoms with Crippen LogP contribution in [0.3, 0.4) is 0 Å². The van der Waals surface area contributed by atoms with E-state index < -0.39 is 5.60 Å². The van der Waals surface area contributed by atoms with Crippen molar-refractivity contribution in [2.24, 2.45) is 0 Å². The molecule has 0 aliphatic rings. The lowest BCUT2D eigenvalue weighted by molar-refractivity contribution is 0.00258. The highest BCUT2D eigenvalue weighted by molar-refractivity contribution is 7.10. The van der Waals surface area contributed by atoms with Gasteiger partial charge in [-0.05, 0) is 29.5 Å². The largest absolute Gasteiger partial charge is 0.393 e. The molecule has 0 bridgehead atoms. The van der Waals surface area contributed by atoms with Crippen LogP contribution in [0.15, 0.2) is 41.8 Å². The maximum absolute atomic E-state index is 9.68. The molecule has 102 valence electrons. The van der Waals surface area contributed by atoms with Crippen molar-refractivity contribution in [1.29, 1.82) is 0 Å². The third-order valence-electron chi connectivity index (χ3n) is 2.91. The van der Waals surface area contributed by atoms with E-state index in [1.54, 1.807) is 18.3 Å². The van der Waals surface area contributed by atoms with Crippen molar-refractivity contribution < 1.29 is 10.2 Å². The lowest BCUT2D eigenvalue weighted by Crippen LogP contribution is -2.40. The summed E-state index contributed by atoms with van der Waals surface area (Å²) < 4.78 is 0. The van der Waals surface area contributed by atoms with Crippen LogP contribution in [0.1, 0.15) is 11.8 Å². The van der Waals surface area contributed by atoms with Gasteiger partial charge >= 0.3 is 0 Å². The topological polar surface area (TPSA) is 52.5 Å². The lowest BCUT2D eigenvalue weighted by Gasteiger charge is -2.20. The molecule has 0 fully saturated rings. The smallest absolute Gasteiger partial charge is 0.0972 e. The zero-order valence-corrected chi connectivity index (χ0v) is 11.8. The van der Waals surface area contributed by atoms with Crippen molar-refractivity contribution in [2.75, 3.05) is 13.2 Å². The number of hydrogen-bond donors (Lipinski definition) is 3. The Balaban J connectivity index is 1.92. The molecule has 0 aliphatic carbocycles. The molecule has 1 atom stereocenters. The summed E-state index contributed by atoms with van der Waals surface area (Å²) in [5, 5.41) is 23.9. The van der Waals surface area contributed by atoms with Crippen molar-refractivity contribution in [2.45, 2.75) is 19.1 Å². The number of thiophene rings is 1. The molecular formula is C15H19NO2S. The van der Waals surface area contributed by atoms with Crippen LogP contribution in [0.25, 0.3) is 11.1 Å². The first-order chi connectivity index (χ1) is 9.11. The summed E-state index contributed by atoms with van der Waals surface area (Å²) in [4.78, 5) is 1.22. The van der Waals surface area contributed by atoms with E-state index >= 15 is 0 Å². The zero-order valence-electron chi connectivity index (χ0n) is 11.0. The molecule has 0 amide bonds. The monoisotopic (exact) mass is 277 g/mol. The predicted octanol–water partition coefficient (Wildman–Crippen LogP) is 2.25. The van der Waals surface area contributed by atoms with E-state index in [9.17, 15) is 5.11 Å². The molecule has 3 nitrogen and oxygen atoms in total. The van der Waals surface area contributed by atoms with E-state index in [1.165, 1.54) is 16.0 Å². The molecule has 1 unspecified atom stereocenters. The Morgan fingerprint density at radius 3 is 2.63 bits per heavy atom. The first kappa shape index (κ1) is 14.2. The van der Waals surface area contributed by atoms with Crippen LogP contribution in [0.2, 0.25) is 0 Å².